The fraction of sp³-hybridized carbons (Fsp3) is 0.467. The van der Waals surface area contributed by atoms with Gasteiger partial charge in [-0.15, -0.1) is 0 Å². The Bertz CT molecular complexity index is 714. The Balaban J connectivity index is 1.43. The molecule has 2 aromatic rings. The highest BCUT2D eigenvalue weighted by Crippen LogP contribution is 2.35. The Kier molecular flexibility index (Phi) is 4.04. The predicted octanol–water partition coefficient (Wildman–Crippen LogP) is 0.498. The molecule has 1 fully saturated rings. The summed E-state index contributed by atoms with van der Waals surface area (Å²) in [7, 11) is 1.87. The molecule has 1 aliphatic rings. The number of hydrogen-bond acceptors (Lipinski definition) is 4. The van der Waals surface area contributed by atoms with E-state index in [9.17, 15) is 9.59 Å². The summed E-state index contributed by atoms with van der Waals surface area (Å²) in [6.45, 7) is 0. The summed E-state index contributed by atoms with van der Waals surface area (Å²) in [5.41, 5.74) is 1.73. The molecule has 1 amide bonds. The number of nitrogens with one attached hydrogen (secondary N) is 2. The lowest BCUT2D eigenvalue weighted by molar-refractivity contribution is -0.122. The van der Waals surface area contributed by atoms with Crippen LogP contribution in [-0.2, 0) is 18.3 Å². The molecule has 7 heteroatoms. The van der Waals surface area contributed by atoms with Crippen LogP contribution in [0.3, 0.4) is 0 Å². The number of nitrogens with zero attached hydrogens (tertiary/aromatic N) is 3. The van der Waals surface area contributed by atoms with Crippen LogP contribution in [-0.4, -0.2) is 31.7 Å². The average molecular weight is 301 g/mol. The Hall–Kier alpha value is -2.44. The number of rotatable bonds is 5. The van der Waals surface area contributed by atoms with Crippen LogP contribution in [0.4, 0.5) is 0 Å². The third kappa shape index (κ3) is 3.24. The molecule has 2 aromatic heterocycles. The van der Waals surface area contributed by atoms with Gasteiger partial charge in [-0.1, -0.05) is 0 Å². The largest absolute Gasteiger partial charge is 0.353 e. The second-order valence-corrected chi connectivity index (χ2v) is 5.71. The first kappa shape index (κ1) is 14.5. The van der Waals surface area contributed by atoms with E-state index in [-0.39, 0.29) is 23.4 Å². The van der Waals surface area contributed by atoms with E-state index < -0.39 is 0 Å². The van der Waals surface area contributed by atoms with Crippen LogP contribution in [0.5, 0.6) is 0 Å². The van der Waals surface area contributed by atoms with Crippen molar-refractivity contribution in [2.24, 2.45) is 7.05 Å². The van der Waals surface area contributed by atoms with Crippen LogP contribution in [0.25, 0.3) is 0 Å². The molecule has 0 atom stereocenters. The first-order valence-corrected chi connectivity index (χ1v) is 7.42. The predicted molar refractivity (Wildman–Crippen MR) is 80.3 cm³/mol. The van der Waals surface area contributed by atoms with Gasteiger partial charge in [0.05, 0.1) is 12.0 Å². The van der Waals surface area contributed by atoms with E-state index in [0.717, 1.165) is 24.2 Å². The minimum atomic E-state index is -0.131. The Morgan fingerprint density at radius 2 is 2.32 bits per heavy atom. The van der Waals surface area contributed by atoms with E-state index in [1.54, 1.807) is 10.9 Å². The number of amides is 1. The van der Waals surface area contributed by atoms with Gasteiger partial charge in [-0.3, -0.25) is 14.3 Å². The molecule has 0 saturated heterocycles. The van der Waals surface area contributed by atoms with Crippen LogP contribution in [0.2, 0.25) is 0 Å². The van der Waals surface area contributed by atoms with Crippen molar-refractivity contribution >= 4 is 5.91 Å². The molecule has 0 bridgehead atoms. The maximum absolute atomic E-state index is 11.9. The van der Waals surface area contributed by atoms with E-state index in [0.29, 0.717) is 12.8 Å². The number of hydrogen-bond donors (Lipinski definition) is 2. The molecule has 22 heavy (non-hydrogen) atoms. The van der Waals surface area contributed by atoms with Gasteiger partial charge < -0.3 is 10.3 Å². The minimum Gasteiger partial charge on any atom is -0.353 e. The van der Waals surface area contributed by atoms with Crippen LogP contribution in [0.1, 0.15) is 36.6 Å². The number of carbonyl (C=O) groups excluding carboxylic acids is 1. The van der Waals surface area contributed by atoms with E-state index >= 15 is 0 Å². The van der Waals surface area contributed by atoms with Crippen molar-refractivity contribution in [3.63, 3.8) is 0 Å². The SMILES string of the molecule is Cn1nccc1CCC(=O)NC1CC(c2cc(=O)[nH]cn2)C1. The van der Waals surface area contributed by atoms with Crippen LogP contribution in [0.15, 0.2) is 29.5 Å². The second-order valence-electron chi connectivity index (χ2n) is 5.71. The summed E-state index contributed by atoms with van der Waals surface area (Å²) in [5.74, 6) is 0.327. The lowest BCUT2D eigenvalue weighted by atomic mass is 9.78. The molecule has 2 N–H and O–H groups in total. The molecule has 0 aliphatic heterocycles. The number of aromatic nitrogens is 4. The van der Waals surface area contributed by atoms with E-state index in [1.807, 2.05) is 13.1 Å². The first-order chi connectivity index (χ1) is 10.6. The summed E-state index contributed by atoms with van der Waals surface area (Å²) in [4.78, 5) is 29.9. The standard InChI is InChI=1S/C15H19N5O2/c1-20-12(4-5-18-20)2-3-14(21)19-11-6-10(7-11)13-8-15(22)17-9-16-13/h4-5,8-11H,2-3,6-7H2,1H3,(H,19,21)(H,16,17,22). The summed E-state index contributed by atoms with van der Waals surface area (Å²) in [5, 5.41) is 7.11. The fourth-order valence-electron chi connectivity index (χ4n) is 2.77. The highest BCUT2D eigenvalue weighted by atomic mass is 16.1. The van der Waals surface area contributed by atoms with Gasteiger partial charge in [-0.05, 0) is 25.3 Å². The first-order valence-electron chi connectivity index (χ1n) is 7.42. The van der Waals surface area contributed by atoms with Gasteiger partial charge in [0.25, 0.3) is 5.56 Å². The zero-order chi connectivity index (χ0) is 15.5. The number of carbonyl (C=O) groups is 1. The molecule has 7 nitrogen and oxygen atoms in total. The fourth-order valence-corrected chi connectivity index (χ4v) is 2.77. The topological polar surface area (TPSA) is 92.7 Å². The molecular weight excluding hydrogens is 282 g/mol. The Labute approximate surface area is 127 Å². The summed E-state index contributed by atoms with van der Waals surface area (Å²) >= 11 is 0. The van der Waals surface area contributed by atoms with Crippen molar-refractivity contribution in [3.05, 3.63) is 46.4 Å². The van der Waals surface area contributed by atoms with Gasteiger partial charge in [-0.2, -0.15) is 5.10 Å². The maximum Gasteiger partial charge on any atom is 0.250 e. The Morgan fingerprint density at radius 3 is 3.00 bits per heavy atom. The molecule has 0 radical (unpaired) electrons. The quantitative estimate of drug-likeness (QED) is 0.841. The third-order valence-electron chi connectivity index (χ3n) is 4.15. The van der Waals surface area contributed by atoms with Crippen molar-refractivity contribution < 1.29 is 4.79 Å². The van der Waals surface area contributed by atoms with Crippen molar-refractivity contribution in [3.8, 4) is 0 Å². The van der Waals surface area contributed by atoms with E-state index in [4.69, 9.17) is 0 Å². The highest BCUT2D eigenvalue weighted by Gasteiger charge is 2.32. The third-order valence-corrected chi connectivity index (χ3v) is 4.15. The zero-order valence-corrected chi connectivity index (χ0v) is 12.5. The van der Waals surface area contributed by atoms with Gasteiger partial charge in [0.15, 0.2) is 0 Å². The zero-order valence-electron chi connectivity index (χ0n) is 12.5. The van der Waals surface area contributed by atoms with Gasteiger partial charge in [0, 0.05) is 43.4 Å². The van der Waals surface area contributed by atoms with Crippen LogP contribution in [0, 0.1) is 0 Å². The van der Waals surface area contributed by atoms with Gasteiger partial charge in [-0.25, -0.2) is 4.98 Å². The lowest BCUT2D eigenvalue weighted by Gasteiger charge is -2.35. The monoisotopic (exact) mass is 301 g/mol. The van der Waals surface area contributed by atoms with Gasteiger partial charge in [0.1, 0.15) is 0 Å². The summed E-state index contributed by atoms with van der Waals surface area (Å²) in [6, 6.07) is 3.64. The minimum absolute atomic E-state index is 0.0588. The lowest BCUT2D eigenvalue weighted by Crippen LogP contribution is -2.43. The molecule has 2 heterocycles. The van der Waals surface area contributed by atoms with Crippen molar-refractivity contribution in [1.29, 1.82) is 0 Å². The molecule has 0 spiro atoms. The van der Waals surface area contributed by atoms with Gasteiger partial charge in [0.2, 0.25) is 5.91 Å². The van der Waals surface area contributed by atoms with E-state index in [1.165, 1.54) is 12.4 Å². The smallest absolute Gasteiger partial charge is 0.250 e. The number of aromatic amines is 1. The number of aryl methyl sites for hydroxylation is 2. The second kappa shape index (κ2) is 6.13. The summed E-state index contributed by atoms with van der Waals surface area (Å²) in [6.07, 6.45) is 6.00. The molecule has 0 aromatic carbocycles. The Morgan fingerprint density at radius 1 is 1.50 bits per heavy atom. The average Bonchev–Trinajstić information content (AvgIpc) is 2.85. The van der Waals surface area contributed by atoms with Crippen molar-refractivity contribution in [2.75, 3.05) is 0 Å². The van der Waals surface area contributed by atoms with Crippen molar-refractivity contribution in [1.82, 2.24) is 25.1 Å². The molecule has 116 valence electrons. The van der Waals surface area contributed by atoms with Crippen molar-refractivity contribution in [2.45, 2.75) is 37.6 Å². The summed E-state index contributed by atoms with van der Waals surface area (Å²) < 4.78 is 1.78. The van der Waals surface area contributed by atoms with Crippen LogP contribution >= 0.6 is 0 Å². The molecule has 1 saturated carbocycles. The molecular formula is C15H19N5O2. The van der Waals surface area contributed by atoms with E-state index in [2.05, 4.69) is 20.4 Å². The highest BCUT2D eigenvalue weighted by molar-refractivity contribution is 5.76. The maximum atomic E-state index is 11.9. The number of H-pyrrole nitrogens is 1. The molecule has 0 unspecified atom stereocenters. The molecule has 3 rings (SSSR count). The van der Waals surface area contributed by atoms with Gasteiger partial charge >= 0.3 is 0 Å². The van der Waals surface area contributed by atoms with Crippen LogP contribution < -0.4 is 10.9 Å². The normalized spacial score (nSPS) is 20.4. The molecule has 1 aliphatic carbocycles.